The zero-order valence-corrected chi connectivity index (χ0v) is 12.2. The Balaban J connectivity index is 2.02. The lowest BCUT2D eigenvalue weighted by Crippen LogP contribution is -2.35. The maximum absolute atomic E-state index is 12.3. The van der Waals surface area contributed by atoms with Crippen LogP contribution in [-0.2, 0) is 11.2 Å². The smallest absolute Gasteiger partial charge is 0.141 e. The lowest BCUT2D eigenvalue weighted by Gasteiger charge is -2.20. The number of rotatable bonds is 3. The van der Waals surface area contributed by atoms with Crippen LogP contribution in [0.3, 0.4) is 0 Å². The first-order chi connectivity index (χ1) is 8.66. The first-order valence-electron chi connectivity index (χ1n) is 6.69. The van der Waals surface area contributed by atoms with Crippen LogP contribution in [0.1, 0.15) is 37.7 Å². The van der Waals surface area contributed by atoms with Crippen LogP contribution in [0.5, 0.6) is 0 Å². The summed E-state index contributed by atoms with van der Waals surface area (Å²) >= 11 is 3.44. The summed E-state index contributed by atoms with van der Waals surface area (Å²) in [6, 6.07) is 8.03. The number of halogens is 1. The SMILES string of the molecule is NC1CCCCCC1C(=O)Cc1cccc(Br)c1. The minimum absolute atomic E-state index is 0.0616. The van der Waals surface area contributed by atoms with E-state index < -0.39 is 0 Å². The summed E-state index contributed by atoms with van der Waals surface area (Å²) in [5.41, 5.74) is 7.21. The summed E-state index contributed by atoms with van der Waals surface area (Å²) in [6.07, 6.45) is 6.00. The van der Waals surface area contributed by atoms with Gasteiger partial charge in [0, 0.05) is 22.9 Å². The van der Waals surface area contributed by atoms with Crippen molar-refractivity contribution in [2.75, 3.05) is 0 Å². The summed E-state index contributed by atoms with van der Waals surface area (Å²) in [4.78, 5) is 12.3. The molecule has 1 saturated carbocycles. The molecule has 2 nitrogen and oxygen atoms in total. The van der Waals surface area contributed by atoms with E-state index in [0.29, 0.717) is 12.2 Å². The molecule has 1 aliphatic carbocycles. The predicted octanol–water partition coefficient (Wildman–Crippen LogP) is 3.47. The number of carbonyl (C=O) groups is 1. The van der Waals surface area contributed by atoms with Gasteiger partial charge in [-0.25, -0.2) is 0 Å². The van der Waals surface area contributed by atoms with Gasteiger partial charge in [-0.3, -0.25) is 4.79 Å². The molecule has 0 heterocycles. The minimum atomic E-state index is 0.0616. The highest BCUT2D eigenvalue weighted by Gasteiger charge is 2.26. The molecule has 2 rings (SSSR count). The first-order valence-corrected chi connectivity index (χ1v) is 7.49. The molecule has 0 aromatic heterocycles. The van der Waals surface area contributed by atoms with Crippen LogP contribution >= 0.6 is 15.9 Å². The molecule has 0 bridgehead atoms. The van der Waals surface area contributed by atoms with Gasteiger partial charge in [0.2, 0.25) is 0 Å². The molecule has 1 aromatic rings. The van der Waals surface area contributed by atoms with E-state index in [1.807, 2.05) is 24.3 Å². The normalized spacial score (nSPS) is 24.6. The monoisotopic (exact) mass is 309 g/mol. The van der Waals surface area contributed by atoms with Gasteiger partial charge in [0.15, 0.2) is 0 Å². The van der Waals surface area contributed by atoms with Crippen molar-refractivity contribution >= 4 is 21.7 Å². The topological polar surface area (TPSA) is 43.1 Å². The third-order valence-corrected chi connectivity index (χ3v) is 4.24. The molecule has 18 heavy (non-hydrogen) atoms. The lowest BCUT2D eigenvalue weighted by atomic mass is 9.88. The van der Waals surface area contributed by atoms with Crippen LogP contribution in [0.15, 0.2) is 28.7 Å². The van der Waals surface area contributed by atoms with Gasteiger partial charge >= 0.3 is 0 Å². The summed E-state index contributed by atoms with van der Waals surface area (Å²) in [5, 5.41) is 0. The van der Waals surface area contributed by atoms with Crippen molar-refractivity contribution in [3.63, 3.8) is 0 Å². The van der Waals surface area contributed by atoms with E-state index in [-0.39, 0.29) is 12.0 Å². The molecule has 0 amide bonds. The molecular formula is C15H20BrNO. The Morgan fingerprint density at radius 3 is 2.83 bits per heavy atom. The van der Waals surface area contributed by atoms with Crippen LogP contribution in [-0.4, -0.2) is 11.8 Å². The van der Waals surface area contributed by atoms with Crippen LogP contribution < -0.4 is 5.73 Å². The highest BCUT2D eigenvalue weighted by Crippen LogP contribution is 2.24. The van der Waals surface area contributed by atoms with Gasteiger partial charge in [-0.1, -0.05) is 47.3 Å². The fraction of sp³-hybridized carbons (Fsp3) is 0.533. The average Bonchev–Trinajstić information content (AvgIpc) is 2.54. The van der Waals surface area contributed by atoms with Crippen molar-refractivity contribution in [2.45, 2.75) is 44.6 Å². The Morgan fingerprint density at radius 1 is 1.28 bits per heavy atom. The molecule has 0 radical (unpaired) electrons. The largest absolute Gasteiger partial charge is 0.327 e. The van der Waals surface area contributed by atoms with Crippen LogP contribution in [0.25, 0.3) is 0 Å². The zero-order valence-electron chi connectivity index (χ0n) is 10.6. The van der Waals surface area contributed by atoms with E-state index >= 15 is 0 Å². The fourth-order valence-electron chi connectivity index (χ4n) is 2.72. The summed E-state index contributed by atoms with van der Waals surface area (Å²) < 4.78 is 1.03. The molecule has 1 fully saturated rings. The number of ketones is 1. The summed E-state index contributed by atoms with van der Waals surface area (Å²) in [5.74, 6) is 0.369. The number of benzene rings is 1. The van der Waals surface area contributed by atoms with Gasteiger partial charge in [0.05, 0.1) is 0 Å². The number of hydrogen-bond acceptors (Lipinski definition) is 2. The Bertz CT molecular complexity index is 419. The van der Waals surface area contributed by atoms with Gasteiger partial charge < -0.3 is 5.73 Å². The quantitative estimate of drug-likeness (QED) is 0.869. The van der Waals surface area contributed by atoms with E-state index in [1.54, 1.807) is 0 Å². The van der Waals surface area contributed by atoms with E-state index in [4.69, 9.17) is 5.73 Å². The first kappa shape index (κ1) is 13.8. The summed E-state index contributed by atoms with van der Waals surface area (Å²) in [6.45, 7) is 0. The maximum Gasteiger partial charge on any atom is 0.141 e. The van der Waals surface area contributed by atoms with Crippen molar-refractivity contribution in [3.8, 4) is 0 Å². The van der Waals surface area contributed by atoms with Crippen molar-refractivity contribution in [3.05, 3.63) is 34.3 Å². The number of nitrogens with two attached hydrogens (primary N) is 1. The molecule has 3 heteroatoms. The lowest BCUT2D eigenvalue weighted by molar-refractivity contribution is -0.123. The Hall–Kier alpha value is -0.670. The Labute approximate surface area is 117 Å². The van der Waals surface area contributed by atoms with Gasteiger partial charge in [-0.15, -0.1) is 0 Å². The molecule has 0 aliphatic heterocycles. The van der Waals surface area contributed by atoms with Gasteiger partial charge in [-0.05, 0) is 30.5 Å². The molecule has 1 aromatic carbocycles. The van der Waals surface area contributed by atoms with E-state index in [0.717, 1.165) is 29.3 Å². The standard InChI is InChI=1S/C15H20BrNO/c16-12-6-4-5-11(9-12)10-15(18)13-7-2-1-3-8-14(13)17/h4-6,9,13-14H,1-3,7-8,10,17H2. The Kier molecular flexibility index (Phi) is 4.95. The minimum Gasteiger partial charge on any atom is -0.327 e. The molecule has 2 atom stereocenters. The van der Waals surface area contributed by atoms with Crippen LogP contribution in [0, 0.1) is 5.92 Å². The highest BCUT2D eigenvalue weighted by atomic mass is 79.9. The van der Waals surface area contributed by atoms with Gasteiger partial charge in [0.1, 0.15) is 5.78 Å². The molecule has 1 aliphatic rings. The van der Waals surface area contributed by atoms with E-state index in [2.05, 4.69) is 15.9 Å². The molecule has 2 unspecified atom stereocenters. The van der Waals surface area contributed by atoms with Crippen LogP contribution in [0.2, 0.25) is 0 Å². The predicted molar refractivity (Wildman–Crippen MR) is 77.4 cm³/mol. The van der Waals surface area contributed by atoms with Crippen molar-refractivity contribution in [2.24, 2.45) is 11.7 Å². The highest BCUT2D eigenvalue weighted by molar-refractivity contribution is 9.10. The second-order valence-electron chi connectivity index (χ2n) is 5.18. The van der Waals surface area contributed by atoms with Gasteiger partial charge in [0.25, 0.3) is 0 Å². The average molecular weight is 310 g/mol. The van der Waals surface area contributed by atoms with Crippen molar-refractivity contribution < 1.29 is 4.79 Å². The molecule has 2 N–H and O–H groups in total. The molecule has 0 saturated heterocycles. The number of hydrogen-bond donors (Lipinski definition) is 1. The summed E-state index contributed by atoms with van der Waals surface area (Å²) in [7, 11) is 0. The maximum atomic E-state index is 12.3. The Morgan fingerprint density at radius 2 is 2.06 bits per heavy atom. The number of Topliss-reactive ketones (excluding diaryl/α,β-unsaturated/α-hetero) is 1. The number of carbonyl (C=O) groups excluding carboxylic acids is 1. The van der Waals surface area contributed by atoms with Crippen molar-refractivity contribution in [1.82, 2.24) is 0 Å². The zero-order chi connectivity index (χ0) is 13.0. The molecular weight excluding hydrogens is 290 g/mol. The second-order valence-corrected chi connectivity index (χ2v) is 6.10. The van der Waals surface area contributed by atoms with E-state index in [9.17, 15) is 4.79 Å². The third-order valence-electron chi connectivity index (χ3n) is 3.75. The van der Waals surface area contributed by atoms with Crippen molar-refractivity contribution in [1.29, 1.82) is 0 Å². The van der Waals surface area contributed by atoms with Gasteiger partial charge in [-0.2, -0.15) is 0 Å². The second kappa shape index (κ2) is 6.48. The fourth-order valence-corrected chi connectivity index (χ4v) is 3.16. The van der Waals surface area contributed by atoms with E-state index in [1.165, 1.54) is 12.8 Å². The molecule has 0 spiro atoms. The van der Waals surface area contributed by atoms with Crippen LogP contribution in [0.4, 0.5) is 0 Å². The third kappa shape index (κ3) is 3.66. The molecule has 98 valence electrons.